The zero-order chi connectivity index (χ0) is 14.8. The van der Waals surface area contributed by atoms with E-state index in [0.29, 0.717) is 22.2 Å². The van der Waals surface area contributed by atoms with Gasteiger partial charge in [-0.15, -0.1) is 0 Å². The van der Waals surface area contributed by atoms with Gasteiger partial charge in [0.15, 0.2) is 5.58 Å². The van der Waals surface area contributed by atoms with Crippen molar-refractivity contribution in [3.63, 3.8) is 0 Å². The van der Waals surface area contributed by atoms with Crippen LogP contribution in [0.5, 0.6) is 5.75 Å². The number of methoxy groups -OCH3 is 1. The molecule has 0 aliphatic rings. The third kappa shape index (κ3) is 3.16. The van der Waals surface area contributed by atoms with E-state index in [-0.39, 0.29) is 0 Å². The molecule has 0 saturated carbocycles. The second kappa shape index (κ2) is 5.99. The van der Waals surface area contributed by atoms with Crippen LogP contribution in [0.15, 0.2) is 50.5 Å². The van der Waals surface area contributed by atoms with Gasteiger partial charge in [0.25, 0.3) is 5.22 Å². The summed E-state index contributed by atoms with van der Waals surface area (Å²) in [4.78, 5) is 4.44. The van der Waals surface area contributed by atoms with Crippen molar-refractivity contribution in [2.24, 2.45) is 0 Å². The van der Waals surface area contributed by atoms with E-state index >= 15 is 0 Å². The molecule has 0 atom stereocenters. The Bertz CT molecular complexity index is 788. The van der Waals surface area contributed by atoms with Crippen molar-refractivity contribution < 1.29 is 9.15 Å². The number of hydrogen-bond acceptors (Lipinski definition) is 5. The van der Waals surface area contributed by atoms with E-state index in [2.05, 4.69) is 20.9 Å². The van der Waals surface area contributed by atoms with Gasteiger partial charge in [0.1, 0.15) is 11.3 Å². The molecule has 108 valence electrons. The Balaban J connectivity index is 1.81. The molecule has 4 nitrogen and oxygen atoms in total. The summed E-state index contributed by atoms with van der Waals surface area (Å²) in [5, 5.41) is 0.623. The number of halogens is 1. The first kappa shape index (κ1) is 14.3. The van der Waals surface area contributed by atoms with Gasteiger partial charge in [-0.05, 0) is 30.3 Å². The van der Waals surface area contributed by atoms with Crippen molar-refractivity contribution in [3.8, 4) is 5.75 Å². The number of nitrogens with two attached hydrogens (primary N) is 1. The molecule has 0 fully saturated rings. The van der Waals surface area contributed by atoms with Crippen LogP contribution in [0.3, 0.4) is 0 Å². The quantitative estimate of drug-likeness (QED) is 0.546. The van der Waals surface area contributed by atoms with E-state index in [4.69, 9.17) is 14.9 Å². The number of fused-ring (bicyclic) bond motifs is 1. The van der Waals surface area contributed by atoms with E-state index in [1.165, 1.54) is 11.8 Å². The standard InChI is InChI=1S/C15H13BrN2O2S/c1-19-13-5-2-10(16)6-9(13)8-21-15-18-12-4-3-11(17)7-14(12)20-15/h2-7H,8,17H2,1H3. The Morgan fingerprint density at radius 3 is 2.95 bits per heavy atom. The lowest BCUT2D eigenvalue weighted by Crippen LogP contribution is -1.90. The number of anilines is 1. The van der Waals surface area contributed by atoms with E-state index in [9.17, 15) is 0 Å². The molecule has 0 aliphatic heterocycles. The van der Waals surface area contributed by atoms with E-state index < -0.39 is 0 Å². The van der Waals surface area contributed by atoms with Crippen LogP contribution in [-0.2, 0) is 5.75 Å². The van der Waals surface area contributed by atoms with Gasteiger partial charge in [-0.3, -0.25) is 0 Å². The molecule has 3 rings (SSSR count). The molecule has 1 heterocycles. The molecule has 2 N–H and O–H groups in total. The summed E-state index contributed by atoms with van der Waals surface area (Å²) in [7, 11) is 1.67. The molecule has 0 spiro atoms. The second-order valence-corrected chi connectivity index (χ2v) is 6.29. The molecule has 1 aromatic heterocycles. The lowest BCUT2D eigenvalue weighted by Gasteiger charge is -2.07. The smallest absolute Gasteiger partial charge is 0.257 e. The molecule has 0 unspecified atom stereocenters. The summed E-state index contributed by atoms with van der Waals surface area (Å²) in [6.45, 7) is 0. The number of aromatic nitrogens is 1. The lowest BCUT2D eigenvalue weighted by molar-refractivity contribution is 0.411. The van der Waals surface area contributed by atoms with E-state index in [0.717, 1.165) is 21.3 Å². The number of oxazole rings is 1. The highest BCUT2D eigenvalue weighted by molar-refractivity contribution is 9.10. The Hall–Kier alpha value is -1.66. The summed E-state index contributed by atoms with van der Waals surface area (Å²) in [6, 6.07) is 11.4. The van der Waals surface area contributed by atoms with Gasteiger partial charge >= 0.3 is 0 Å². The Morgan fingerprint density at radius 1 is 1.29 bits per heavy atom. The normalized spacial score (nSPS) is 11.0. The Kier molecular flexibility index (Phi) is 4.07. The zero-order valence-electron chi connectivity index (χ0n) is 11.3. The molecule has 2 aromatic carbocycles. The molecule has 0 bridgehead atoms. The number of thioether (sulfide) groups is 1. The van der Waals surface area contributed by atoms with Gasteiger partial charge in [-0.1, -0.05) is 27.7 Å². The third-order valence-electron chi connectivity index (χ3n) is 2.99. The first-order valence-electron chi connectivity index (χ1n) is 6.27. The second-order valence-electron chi connectivity index (χ2n) is 4.45. The van der Waals surface area contributed by atoms with Crippen LogP contribution in [0, 0.1) is 0 Å². The predicted molar refractivity (Wildman–Crippen MR) is 88.7 cm³/mol. The van der Waals surface area contributed by atoms with Crippen molar-refractivity contribution in [1.82, 2.24) is 4.98 Å². The number of hydrogen-bond donors (Lipinski definition) is 1. The number of nitrogens with zero attached hydrogens (tertiary/aromatic N) is 1. The molecule has 0 radical (unpaired) electrons. The van der Waals surface area contributed by atoms with Crippen LogP contribution in [0.1, 0.15) is 5.56 Å². The molecule has 6 heteroatoms. The van der Waals surface area contributed by atoms with Gasteiger partial charge in [-0.2, -0.15) is 0 Å². The molecule has 0 saturated heterocycles. The fourth-order valence-corrected chi connectivity index (χ4v) is 3.21. The summed E-state index contributed by atoms with van der Waals surface area (Å²) in [5.74, 6) is 1.57. The first-order valence-corrected chi connectivity index (χ1v) is 8.05. The Labute approximate surface area is 134 Å². The highest BCUT2D eigenvalue weighted by atomic mass is 79.9. The maximum atomic E-state index is 5.74. The number of nitrogen functional groups attached to an aromatic ring is 1. The molecule has 0 amide bonds. The topological polar surface area (TPSA) is 61.3 Å². The van der Waals surface area contributed by atoms with Crippen LogP contribution < -0.4 is 10.5 Å². The van der Waals surface area contributed by atoms with Gasteiger partial charge < -0.3 is 14.9 Å². The Morgan fingerprint density at radius 2 is 2.14 bits per heavy atom. The van der Waals surface area contributed by atoms with Crippen LogP contribution in [0.25, 0.3) is 11.1 Å². The molecule has 0 aliphatic carbocycles. The van der Waals surface area contributed by atoms with Crippen LogP contribution in [0.2, 0.25) is 0 Å². The van der Waals surface area contributed by atoms with E-state index in [1.54, 1.807) is 13.2 Å². The lowest BCUT2D eigenvalue weighted by atomic mass is 10.2. The van der Waals surface area contributed by atoms with Crippen molar-refractivity contribution in [1.29, 1.82) is 0 Å². The van der Waals surface area contributed by atoms with Gasteiger partial charge in [0.05, 0.1) is 7.11 Å². The molecular formula is C15H13BrN2O2S. The largest absolute Gasteiger partial charge is 0.496 e. The molecule has 21 heavy (non-hydrogen) atoms. The zero-order valence-corrected chi connectivity index (χ0v) is 13.7. The maximum absolute atomic E-state index is 5.74. The maximum Gasteiger partial charge on any atom is 0.257 e. The fourth-order valence-electron chi connectivity index (χ4n) is 1.98. The van der Waals surface area contributed by atoms with Crippen LogP contribution >= 0.6 is 27.7 Å². The van der Waals surface area contributed by atoms with Crippen molar-refractivity contribution in [3.05, 3.63) is 46.4 Å². The molecule has 3 aromatic rings. The van der Waals surface area contributed by atoms with Crippen molar-refractivity contribution in [2.45, 2.75) is 11.0 Å². The summed E-state index contributed by atoms with van der Waals surface area (Å²) in [5.41, 5.74) is 9.01. The van der Waals surface area contributed by atoms with Gasteiger partial charge in [0.2, 0.25) is 0 Å². The summed E-state index contributed by atoms with van der Waals surface area (Å²) >= 11 is 4.99. The SMILES string of the molecule is COc1ccc(Br)cc1CSc1nc2ccc(N)cc2o1. The minimum Gasteiger partial charge on any atom is -0.496 e. The number of rotatable bonds is 4. The number of ether oxygens (including phenoxy) is 1. The minimum atomic E-state index is 0.623. The minimum absolute atomic E-state index is 0.623. The highest BCUT2D eigenvalue weighted by Crippen LogP contribution is 2.31. The monoisotopic (exact) mass is 364 g/mol. The average Bonchev–Trinajstić information content (AvgIpc) is 2.87. The fraction of sp³-hybridized carbons (Fsp3) is 0.133. The predicted octanol–water partition coefficient (Wildman–Crippen LogP) is 4.47. The summed E-state index contributed by atoms with van der Waals surface area (Å²) < 4.78 is 12.1. The van der Waals surface area contributed by atoms with E-state index in [1.807, 2.05) is 30.3 Å². The van der Waals surface area contributed by atoms with Crippen molar-refractivity contribution in [2.75, 3.05) is 12.8 Å². The van der Waals surface area contributed by atoms with Crippen molar-refractivity contribution >= 4 is 44.5 Å². The average molecular weight is 365 g/mol. The third-order valence-corrected chi connectivity index (χ3v) is 4.36. The molecular weight excluding hydrogens is 352 g/mol. The first-order chi connectivity index (χ1) is 10.2. The van der Waals surface area contributed by atoms with Crippen LogP contribution in [0.4, 0.5) is 5.69 Å². The van der Waals surface area contributed by atoms with Gasteiger partial charge in [0, 0.05) is 27.5 Å². The highest BCUT2D eigenvalue weighted by Gasteiger charge is 2.09. The summed E-state index contributed by atoms with van der Waals surface area (Å²) in [6.07, 6.45) is 0. The van der Waals surface area contributed by atoms with Gasteiger partial charge in [-0.25, -0.2) is 4.98 Å². The number of benzene rings is 2. The van der Waals surface area contributed by atoms with Crippen LogP contribution in [-0.4, -0.2) is 12.1 Å².